The van der Waals surface area contributed by atoms with Crippen molar-refractivity contribution in [2.45, 2.75) is 6.54 Å². The van der Waals surface area contributed by atoms with Gasteiger partial charge in [0.25, 0.3) is 5.91 Å². The number of carbonyl (C=O) groups excluding carboxylic acids is 2. The Labute approximate surface area is 164 Å². The summed E-state index contributed by atoms with van der Waals surface area (Å²) in [5.41, 5.74) is 1.38. The Morgan fingerprint density at radius 2 is 1.88 bits per heavy atom. The second-order valence-electron chi connectivity index (χ2n) is 5.38. The van der Waals surface area contributed by atoms with Crippen molar-refractivity contribution in [1.82, 2.24) is 25.4 Å². The van der Waals surface area contributed by atoms with E-state index in [9.17, 15) is 9.59 Å². The summed E-state index contributed by atoms with van der Waals surface area (Å²) in [4.78, 5) is 28.5. The van der Waals surface area contributed by atoms with Gasteiger partial charge in [-0.05, 0) is 46.9 Å². The van der Waals surface area contributed by atoms with Gasteiger partial charge in [-0.2, -0.15) is 5.10 Å². The molecule has 2 N–H and O–H groups in total. The van der Waals surface area contributed by atoms with Crippen molar-refractivity contribution in [2.24, 2.45) is 0 Å². The van der Waals surface area contributed by atoms with E-state index in [4.69, 9.17) is 0 Å². The van der Waals surface area contributed by atoms with E-state index in [-0.39, 0.29) is 18.4 Å². The monoisotopic (exact) mass is 461 g/mol. The number of carbonyl (C=O) groups is 2. The van der Waals surface area contributed by atoms with Crippen LogP contribution in [0, 0.1) is 3.57 Å². The summed E-state index contributed by atoms with van der Waals surface area (Å²) < 4.78 is 2.47. The van der Waals surface area contributed by atoms with Gasteiger partial charge >= 0.3 is 0 Å². The number of rotatable bonds is 6. The van der Waals surface area contributed by atoms with Gasteiger partial charge in [0.05, 0.1) is 12.1 Å². The van der Waals surface area contributed by atoms with Gasteiger partial charge in [-0.1, -0.05) is 18.2 Å². The van der Waals surface area contributed by atoms with E-state index >= 15 is 0 Å². The van der Waals surface area contributed by atoms with Gasteiger partial charge in [-0.25, -0.2) is 9.67 Å². The van der Waals surface area contributed by atoms with Crippen LogP contribution in [-0.2, 0) is 11.3 Å². The van der Waals surface area contributed by atoms with Crippen molar-refractivity contribution in [3.8, 4) is 5.82 Å². The van der Waals surface area contributed by atoms with E-state index in [1.54, 1.807) is 47.5 Å². The Hall–Kier alpha value is -2.75. The quantitative estimate of drug-likeness (QED) is 0.550. The molecule has 3 rings (SSSR count). The van der Waals surface area contributed by atoms with Crippen molar-refractivity contribution < 1.29 is 9.59 Å². The number of nitrogens with zero attached hydrogens (tertiary/aromatic N) is 3. The fraction of sp³-hybridized carbons (Fsp3) is 0.111. The molecule has 0 aliphatic carbocycles. The number of halogens is 1. The fourth-order valence-electron chi connectivity index (χ4n) is 2.33. The number of benzene rings is 1. The molecule has 0 radical (unpaired) electrons. The molecular formula is C18H16IN5O2. The Balaban J connectivity index is 1.55. The lowest BCUT2D eigenvalue weighted by Crippen LogP contribution is -2.37. The lowest BCUT2D eigenvalue weighted by atomic mass is 10.2. The van der Waals surface area contributed by atoms with Crippen molar-refractivity contribution in [2.75, 3.05) is 6.54 Å². The SMILES string of the molecule is O=C(CNC(=O)c1ccccc1I)NCc1cccnc1-n1cccn1. The molecule has 0 bridgehead atoms. The maximum atomic E-state index is 12.1. The van der Waals surface area contributed by atoms with E-state index in [1.165, 1.54) is 0 Å². The number of hydrogen-bond donors (Lipinski definition) is 2. The average Bonchev–Trinajstić information content (AvgIpc) is 3.19. The van der Waals surface area contributed by atoms with Crippen molar-refractivity contribution in [1.29, 1.82) is 0 Å². The summed E-state index contributed by atoms with van der Waals surface area (Å²) in [5, 5.41) is 9.57. The first-order chi connectivity index (χ1) is 12.6. The van der Waals surface area contributed by atoms with E-state index < -0.39 is 0 Å². The van der Waals surface area contributed by atoms with E-state index in [1.807, 2.05) is 18.2 Å². The van der Waals surface area contributed by atoms with Crippen LogP contribution in [0.15, 0.2) is 61.1 Å². The highest BCUT2D eigenvalue weighted by Crippen LogP contribution is 2.11. The maximum absolute atomic E-state index is 12.1. The van der Waals surface area contributed by atoms with Crippen molar-refractivity contribution in [3.63, 3.8) is 0 Å². The summed E-state index contributed by atoms with van der Waals surface area (Å²) in [5.74, 6) is 0.101. The molecule has 0 aliphatic heterocycles. The molecule has 0 saturated carbocycles. The molecule has 2 heterocycles. The van der Waals surface area contributed by atoms with Crippen LogP contribution in [0.2, 0.25) is 0 Å². The Kier molecular flexibility index (Phi) is 5.95. The topological polar surface area (TPSA) is 88.9 Å². The predicted molar refractivity (Wildman–Crippen MR) is 105 cm³/mol. The van der Waals surface area contributed by atoms with Gasteiger partial charge < -0.3 is 10.6 Å². The van der Waals surface area contributed by atoms with Crippen LogP contribution in [0.1, 0.15) is 15.9 Å². The molecule has 8 heteroatoms. The van der Waals surface area contributed by atoms with Crippen LogP contribution in [0.4, 0.5) is 0 Å². The van der Waals surface area contributed by atoms with Crippen LogP contribution in [0.25, 0.3) is 5.82 Å². The highest BCUT2D eigenvalue weighted by molar-refractivity contribution is 14.1. The molecule has 0 fully saturated rings. The van der Waals surface area contributed by atoms with Gasteiger partial charge in [-0.15, -0.1) is 0 Å². The second kappa shape index (κ2) is 8.56. The van der Waals surface area contributed by atoms with Crippen LogP contribution in [0.5, 0.6) is 0 Å². The molecule has 0 aliphatic rings. The third-order valence-corrected chi connectivity index (χ3v) is 4.53. The molecule has 2 aromatic heterocycles. The zero-order valence-electron chi connectivity index (χ0n) is 13.7. The minimum absolute atomic E-state index is 0.0961. The lowest BCUT2D eigenvalue weighted by molar-refractivity contribution is -0.120. The van der Waals surface area contributed by atoms with Gasteiger partial charge in [0.15, 0.2) is 5.82 Å². The maximum Gasteiger partial charge on any atom is 0.252 e. The standard InChI is InChI=1S/C18H16IN5O2/c19-15-7-2-1-6-14(15)18(26)22-12-16(25)21-11-13-5-3-8-20-17(13)24-10-4-9-23-24/h1-10H,11-12H2,(H,21,25)(H,22,26). The fourth-order valence-corrected chi connectivity index (χ4v) is 2.96. The number of nitrogens with one attached hydrogen (secondary N) is 2. The Bertz CT molecular complexity index is 911. The lowest BCUT2D eigenvalue weighted by Gasteiger charge is -2.10. The summed E-state index contributed by atoms with van der Waals surface area (Å²) in [7, 11) is 0. The number of hydrogen-bond acceptors (Lipinski definition) is 4. The zero-order chi connectivity index (χ0) is 18.4. The molecule has 0 atom stereocenters. The molecule has 0 spiro atoms. The van der Waals surface area contributed by atoms with Crippen LogP contribution in [-0.4, -0.2) is 33.1 Å². The number of amides is 2. The molecule has 7 nitrogen and oxygen atoms in total. The Morgan fingerprint density at radius 3 is 2.65 bits per heavy atom. The molecule has 3 aromatic rings. The highest BCUT2D eigenvalue weighted by Gasteiger charge is 2.11. The van der Waals surface area contributed by atoms with Gasteiger partial charge in [0.1, 0.15) is 0 Å². The number of aromatic nitrogens is 3. The molecule has 0 unspecified atom stereocenters. The van der Waals surface area contributed by atoms with Gasteiger partial charge in [-0.3, -0.25) is 9.59 Å². The first-order valence-corrected chi connectivity index (χ1v) is 8.96. The van der Waals surface area contributed by atoms with E-state index in [0.717, 1.165) is 9.13 Å². The molecule has 132 valence electrons. The first kappa shape index (κ1) is 18.1. The van der Waals surface area contributed by atoms with Crippen molar-refractivity contribution >= 4 is 34.4 Å². The minimum atomic E-state index is -0.278. The summed E-state index contributed by atoms with van der Waals surface area (Å²) in [6, 6.07) is 12.7. The number of pyridine rings is 1. The van der Waals surface area contributed by atoms with Gasteiger partial charge in [0.2, 0.25) is 5.91 Å². The second-order valence-corrected chi connectivity index (χ2v) is 6.54. The predicted octanol–water partition coefficient (Wildman–Crippen LogP) is 1.92. The van der Waals surface area contributed by atoms with Crippen LogP contribution < -0.4 is 10.6 Å². The molecule has 1 aromatic carbocycles. The Morgan fingerprint density at radius 1 is 1.04 bits per heavy atom. The summed E-state index contributed by atoms with van der Waals surface area (Å²) in [6.45, 7) is 0.196. The molecule has 0 saturated heterocycles. The minimum Gasteiger partial charge on any atom is -0.350 e. The largest absolute Gasteiger partial charge is 0.350 e. The normalized spacial score (nSPS) is 10.3. The summed E-state index contributed by atoms with van der Waals surface area (Å²) >= 11 is 2.09. The van der Waals surface area contributed by atoms with Gasteiger partial charge in [0, 0.05) is 34.3 Å². The smallest absolute Gasteiger partial charge is 0.252 e. The van der Waals surface area contributed by atoms with E-state index in [2.05, 4.69) is 43.3 Å². The van der Waals surface area contributed by atoms with Crippen LogP contribution >= 0.6 is 22.6 Å². The van der Waals surface area contributed by atoms with Crippen molar-refractivity contribution in [3.05, 3.63) is 75.8 Å². The van der Waals surface area contributed by atoms with Crippen LogP contribution in [0.3, 0.4) is 0 Å². The average molecular weight is 461 g/mol. The first-order valence-electron chi connectivity index (χ1n) is 7.88. The zero-order valence-corrected chi connectivity index (χ0v) is 15.9. The van der Waals surface area contributed by atoms with E-state index in [0.29, 0.717) is 17.9 Å². The third-order valence-electron chi connectivity index (χ3n) is 3.59. The third kappa shape index (κ3) is 4.45. The molecule has 26 heavy (non-hydrogen) atoms. The molecule has 2 amide bonds. The highest BCUT2D eigenvalue weighted by atomic mass is 127. The molecular weight excluding hydrogens is 445 g/mol. The summed E-state index contributed by atoms with van der Waals surface area (Å²) in [6.07, 6.45) is 5.12.